The van der Waals surface area contributed by atoms with Crippen molar-refractivity contribution in [1.29, 1.82) is 0 Å². The van der Waals surface area contributed by atoms with E-state index in [2.05, 4.69) is 19.8 Å². The summed E-state index contributed by atoms with van der Waals surface area (Å²) in [5, 5.41) is 24.9. The summed E-state index contributed by atoms with van der Waals surface area (Å²) in [6, 6.07) is -1.11. The van der Waals surface area contributed by atoms with Crippen LogP contribution in [0, 0.1) is 0 Å². The molecule has 226 valence electrons. The number of thioether (sulfide) groups is 1. The summed E-state index contributed by atoms with van der Waals surface area (Å²) in [6.45, 7) is 5.40. The van der Waals surface area contributed by atoms with Crippen molar-refractivity contribution in [1.82, 2.24) is 24.3 Å². The average Bonchev–Trinajstić information content (AvgIpc) is 3.49. The van der Waals surface area contributed by atoms with E-state index >= 15 is 0 Å². The van der Waals surface area contributed by atoms with Gasteiger partial charge in [-0.05, 0) is 20.3 Å². The number of aliphatic carboxylic acids is 2. The Morgan fingerprint density at radius 3 is 2.60 bits per heavy atom. The van der Waals surface area contributed by atoms with Gasteiger partial charge >= 0.3 is 11.9 Å². The highest BCUT2D eigenvalue weighted by molar-refractivity contribution is 8.00. The van der Waals surface area contributed by atoms with Crippen LogP contribution in [-0.4, -0.2) is 81.4 Å². The number of carboxylic acids is 2. The number of nitrogens with one attached hydrogen (secondary N) is 1. The molecule has 19 heteroatoms. The fraction of sp³-hybridized carbons (Fsp3) is 0.478. The van der Waals surface area contributed by atoms with Crippen LogP contribution >= 0.6 is 23.3 Å². The van der Waals surface area contributed by atoms with Crippen LogP contribution in [0.1, 0.15) is 38.6 Å². The number of hydrogen-bond acceptors (Lipinski definition) is 13. The van der Waals surface area contributed by atoms with Gasteiger partial charge in [-0.1, -0.05) is 12.1 Å². The monoisotopic (exact) mass is 623 g/mol. The molecule has 0 unspecified atom stereocenters. The van der Waals surface area contributed by atoms with Crippen LogP contribution in [0.25, 0.3) is 0 Å². The second-order valence-corrected chi connectivity index (χ2v) is 11.8. The zero-order valence-corrected chi connectivity index (χ0v) is 24.6. The first-order valence-corrected chi connectivity index (χ1v) is 14.5. The van der Waals surface area contributed by atoms with Crippen LogP contribution in [0.4, 0.5) is 10.9 Å². The van der Waals surface area contributed by atoms with E-state index in [-0.39, 0.29) is 35.5 Å². The quantitative estimate of drug-likeness (QED) is 0.0695. The molecule has 9 N–H and O–H groups in total. The standard InChI is InChI=1S/C23H30N10O7S2/c1-4-5-32-15(25)10(6-24)7-31(32)8-11-9-41-19-13(18(35)33(19)14(11)20(36)37)27-17(34)12(16-28-22(26)42-30-16)29-40-23(2,3)21(38)39/h7,13,19,25H,4-6,8-9,24H2,1-3H3,(H5,26,27,28,30,34,36,37,38,39)/p+1/b29-12-/t13-,19-/m1/s1. The highest BCUT2D eigenvalue weighted by atomic mass is 32.2. The number of β-lactam (4-membered cyclic amide) rings is 1. The van der Waals surface area contributed by atoms with E-state index in [0.29, 0.717) is 17.9 Å². The fourth-order valence-corrected chi connectivity index (χ4v) is 6.06. The molecule has 4 rings (SSSR count). The predicted octanol–water partition coefficient (Wildman–Crippen LogP) is -1.32. The number of carbonyl (C=O) groups excluding carboxylic acids is 2. The first-order valence-electron chi connectivity index (χ1n) is 12.7. The Kier molecular flexibility index (Phi) is 8.73. The molecule has 42 heavy (non-hydrogen) atoms. The summed E-state index contributed by atoms with van der Waals surface area (Å²) in [5.41, 5.74) is 16.4. The smallest absolute Gasteiger partial charge is 0.352 e. The summed E-state index contributed by atoms with van der Waals surface area (Å²) in [6.07, 6.45) is 2.55. The number of aromatic nitrogens is 4. The van der Waals surface area contributed by atoms with Crippen LogP contribution in [0.15, 0.2) is 22.6 Å². The Hall–Kier alpha value is -4.23. The minimum atomic E-state index is -1.79. The maximum atomic E-state index is 13.2. The number of carbonyl (C=O) groups is 4. The molecule has 2 aromatic heterocycles. The lowest BCUT2D eigenvalue weighted by atomic mass is 10.0. The van der Waals surface area contributed by atoms with E-state index in [4.69, 9.17) is 22.0 Å². The van der Waals surface area contributed by atoms with E-state index in [9.17, 15) is 29.4 Å². The molecule has 17 nitrogen and oxygen atoms in total. The molecule has 2 atom stereocenters. The molecule has 0 radical (unpaired) electrons. The second-order valence-electron chi connectivity index (χ2n) is 9.89. The highest BCUT2D eigenvalue weighted by Gasteiger charge is 2.55. The lowest BCUT2D eigenvalue weighted by molar-refractivity contribution is -0.767. The number of nitrogen functional groups attached to an aromatic ring is 2. The average molecular weight is 624 g/mol. The van der Waals surface area contributed by atoms with Crippen molar-refractivity contribution >= 4 is 63.7 Å². The number of anilines is 2. The van der Waals surface area contributed by atoms with E-state index in [1.54, 1.807) is 10.9 Å². The number of oxime groups is 1. The molecule has 1 saturated heterocycles. The second kappa shape index (κ2) is 11.9. The Morgan fingerprint density at radius 2 is 2.02 bits per heavy atom. The Labute approximate surface area is 247 Å². The van der Waals surface area contributed by atoms with Crippen molar-refractivity contribution in [3.8, 4) is 0 Å². The van der Waals surface area contributed by atoms with Crippen LogP contribution in [0.2, 0.25) is 0 Å². The van der Waals surface area contributed by atoms with Crippen LogP contribution in [-0.2, 0) is 43.7 Å². The topological polar surface area (TPSA) is 258 Å². The summed E-state index contributed by atoms with van der Waals surface area (Å²) < 4.78 is 7.54. The Morgan fingerprint density at radius 1 is 1.31 bits per heavy atom. The van der Waals surface area contributed by atoms with E-state index in [1.165, 1.54) is 25.6 Å². The number of amides is 2. The van der Waals surface area contributed by atoms with Gasteiger partial charge in [0.25, 0.3) is 11.8 Å². The molecule has 0 saturated carbocycles. The van der Waals surface area contributed by atoms with Gasteiger partial charge in [-0.25, -0.2) is 9.59 Å². The number of fused-ring (bicyclic) bond motifs is 1. The van der Waals surface area contributed by atoms with Crippen molar-refractivity contribution in [3.05, 3.63) is 28.9 Å². The van der Waals surface area contributed by atoms with Gasteiger partial charge in [-0.2, -0.15) is 9.36 Å². The van der Waals surface area contributed by atoms with Gasteiger partial charge < -0.3 is 37.6 Å². The van der Waals surface area contributed by atoms with Gasteiger partial charge in [-0.3, -0.25) is 14.5 Å². The summed E-state index contributed by atoms with van der Waals surface area (Å²) >= 11 is 2.05. The number of carboxylic acid groups (broad SMARTS) is 2. The normalized spacial score (nSPS) is 18.9. The maximum Gasteiger partial charge on any atom is 0.352 e. The van der Waals surface area contributed by atoms with Gasteiger partial charge in [0, 0.05) is 29.4 Å². The first-order chi connectivity index (χ1) is 19.8. The van der Waals surface area contributed by atoms with Gasteiger partial charge in [-0.15, -0.1) is 21.1 Å². The number of rotatable bonds is 12. The Bertz CT molecular complexity index is 1500. The largest absolute Gasteiger partial charge is 0.478 e. The lowest BCUT2D eigenvalue weighted by Gasteiger charge is -2.49. The summed E-state index contributed by atoms with van der Waals surface area (Å²) in [4.78, 5) is 60.4. The molecule has 0 bridgehead atoms. The van der Waals surface area contributed by atoms with E-state index < -0.39 is 46.5 Å². The molecular formula is C23H31N10O7S2+. The summed E-state index contributed by atoms with van der Waals surface area (Å²) in [7, 11) is 0. The molecule has 0 aromatic carbocycles. The molecule has 1 fully saturated rings. The molecule has 2 amide bonds. The Balaban J connectivity index is 1.58. The zero-order chi connectivity index (χ0) is 30.9. The SMILES string of the molecule is CCCn1c(N)c(CN)c[n+]1CC1=C(C(=O)O)N2C(=O)[C@@H](NC(=O)/C(=N\OC(C)(C)C(=O)O)c3nsc(N)n3)[C@H]2SC1. The van der Waals surface area contributed by atoms with Crippen molar-refractivity contribution in [2.45, 2.75) is 63.8 Å². The van der Waals surface area contributed by atoms with Crippen molar-refractivity contribution < 1.29 is 38.9 Å². The molecule has 0 aliphatic carbocycles. The molecule has 2 aliphatic rings. The molecular weight excluding hydrogens is 592 g/mol. The lowest BCUT2D eigenvalue weighted by Crippen LogP contribution is -2.71. The summed E-state index contributed by atoms with van der Waals surface area (Å²) in [5.74, 6) is -3.70. The van der Waals surface area contributed by atoms with Gasteiger partial charge in [0.05, 0.1) is 12.1 Å². The van der Waals surface area contributed by atoms with E-state index in [0.717, 1.165) is 28.4 Å². The third-order valence-corrected chi connectivity index (χ3v) is 8.40. The first kappa shape index (κ1) is 30.7. The number of nitrogens with two attached hydrogens (primary N) is 3. The van der Waals surface area contributed by atoms with Gasteiger partial charge in [0.1, 0.15) is 17.1 Å². The third-order valence-electron chi connectivity index (χ3n) is 6.52. The minimum Gasteiger partial charge on any atom is -0.478 e. The third kappa shape index (κ3) is 5.74. The number of hydrogen-bond donors (Lipinski definition) is 6. The van der Waals surface area contributed by atoms with Crippen LogP contribution in [0.3, 0.4) is 0 Å². The zero-order valence-electron chi connectivity index (χ0n) is 22.9. The number of nitrogens with zero attached hydrogens (tertiary/aromatic N) is 6. The van der Waals surface area contributed by atoms with Gasteiger partial charge in [0.2, 0.25) is 23.3 Å². The van der Waals surface area contributed by atoms with E-state index in [1.807, 2.05) is 11.6 Å². The molecule has 4 heterocycles. The van der Waals surface area contributed by atoms with Crippen molar-refractivity contribution in [2.75, 3.05) is 17.2 Å². The van der Waals surface area contributed by atoms with Crippen molar-refractivity contribution in [3.63, 3.8) is 0 Å². The minimum absolute atomic E-state index is 0.0174. The van der Waals surface area contributed by atoms with Crippen molar-refractivity contribution in [2.24, 2.45) is 10.9 Å². The van der Waals surface area contributed by atoms with Crippen LogP contribution < -0.4 is 27.2 Å². The van der Waals surface area contributed by atoms with Gasteiger partial charge in [0.15, 0.2) is 17.5 Å². The predicted molar refractivity (Wildman–Crippen MR) is 151 cm³/mol. The molecule has 2 aliphatic heterocycles. The highest BCUT2D eigenvalue weighted by Crippen LogP contribution is 2.40. The molecule has 0 spiro atoms. The molecule has 2 aromatic rings. The maximum absolute atomic E-state index is 13.2. The fourth-order valence-electron chi connectivity index (χ4n) is 4.29. The van der Waals surface area contributed by atoms with Crippen LogP contribution in [0.5, 0.6) is 0 Å².